The van der Waals surface area contributed by atoms with Crippen molar-refractivity contribution in [2.75, 3.05) is 13.2 Å². The van der Waals surface area contributed by atoms with Crippen LogP contribution >= 0.6 is 0 Å². The van der Waals surface area contributed by atoms with E-state index in [4.69, 9.17) is 9.47 Å². The third-order valence-corrected chi connectivity index (χ3v) is 5.05. The summed E-state index contributed by atoms with van der Waals surface area (Å²) in [6, 6.07) is 12.6. The smallest absolute Gasteiger partial charge is 0.306 e. The highest BCUT2D eigenvalue weighted by Gasteiger charge is 2.16. The molecule has 3 aromatic rings. The first-order chi connectivity index (χ1) is 15.0. The molecule has 6 nitrogen and oxygen atoms in total. The summed E-state index contributed by atoms with van der Waals surface area (Å²) in [7, 11) is 0. The molecule has 0 unspecified atom stereocenters. The molecule has 31 heavy (non-hydrogen) atoms. The number of Topliss-reactive ketones (excluding diaryl/α,β-unsaturated/α-hetero) is 2. The summed E-state index contributed by atoms with van der Waals surface area (Å²) in [6.45, 7) is 4.35. The normalized spacial score (nSPS) is 10.8. The van der Waals surface area contributed by atoms with Gasteiger partial charge in [0.25, 0.3) is 0 Å². The molecular weight excluding hydrogens is 394 g/mol. The predicted octanol–water partition coefficient (Wildman–Crippen LogP) is 4.91. The minimum atomic E-state index is -0.571. The number of para-hydroxylation sites is 1. The number of H-pyrrole nitrogens is 1. The van der Waals surface area contributed by atoms with Crippen LogP contribution in [0.3, 0.4) is 0 Å². The van der Waals surface area contributed by atoms with Gasteiger partial charge in [0.1, 0.15) is 5.75 Å². The topological polar surface area (TPSA) is 85.5 Å². The molecule has 1 heterocycles. The summed E-state index contributed by atoms with van der Waals surface area (Å²) < 4.78 is 10.6. The number of esters is 1. The Balaban J connectivity index is 1.49. The number of carbonyl (C=O) groups excluding carboxylic acids is 3. The summed E-state index contributed by atoms with van der Waals surface area (Å²) in [5.41, 5.74) is 3.06. The van der Waals surface area contributed by atoms with Crippen molar-refractivity contribution in [3.05, 3.63) is 65.4 Å². The van der Waals surface area contributed by atoms with Gasteiger partial charge in [0.15, 0.2) is 12.4 Å². The van der Waals surface area contributed by atoms with Crippen LogP contribution in [0, 0.1) is 0 Å². The minimum Gasteiger partial charge on any atom is -0.494 e. The van der Waals surface area contributed by atoms with Crippen LogP contribution in [0.4, 0.5) is 0 Å². The van der Waals surface area contributed by atoms with E-state index in [1.54, 1.807) is 30.5 Å². The van der Waals surface area contributed by atoms with Gasteiger partial charge in [0.2, 0.25) is 5.78 Å². The maximum atomic E-state index is 12.5. The molecule has 0 spiro atoms. The second kappa shape index (κ2) is 10.6. The van der Waals surface area contributed by atoms with E-state index in [2.05, 4.69) is 11.9 Å². The Labute approximate surface area is 181 Å². The monoisotopic (exact) mass is 421 g/mol. The molecule has 0 saturated heterocycles. The van der Waals surface area contributed by atoms with Gasteiger partial charge in [-0.2, -0.15) is 0 Å². The lowest BCUT2D eigenvalue weighted by Gasteiger charge is -2.06. The number of benzene rings is 2. The van der Waals surface area contributed by atoms with Gasteiger partial charge in [-0.3, -0.25) is 14.4 Å². The van der Waals surface area contributed by atoms with E-state index in [1.807, 2.05) is 25.1 Å². The molecule has 2 aromatic carbocycles. The van der Waals surface area contributed by atoms with Crippen molar-refractivity contribution >= 4 is 28.4 Å². The molecule has 0 aliphatic carbocycles. The third-order valence-electron chi connectivity index (χ3n) is 5.05. The van der Waals surface area contributed by atoms with Gasteiger partial charge in [-0.1, -0.05) is 32.0 Å². The molecule has 0 saturated carbocycles. The highest BCUT2D eigenvalue weighted by atomic mass is 16.5. The fraction of sp³-hybridized carbons (Fsp3) is 0.320. The van der Waals surface area contributed by atoms with E-state index >= 15 is 0 Å². The number of fused-ring (bicyclic) bond motifs is 1. The van der Waals surface area contributed by atoms with Crippen molar-refractivity contribution in [1.82, 2.24) is 4.98 Å². The zero-order valence-corrected chi connectivity index (χ0v) is 17.9. The number of aromatic nitrogens is 1. The second-order valence-corrected chi connectivity index (χ2v) is 7.28. The summed E-state index contributed by atoms with van der Waals surface area (Å²) in [5.74, 6) is -0.297. The van der Waals surface area contributed by atoms with Gasteiger partial charge >= 0.3 is 5.97 Å². The predicted molar refractivity (Wildman–Crippen MR) is 119 cm³/mol. The molecule has 0 atom stereocenters. The van der Waals surface area contributed by atoms with Crippen molar-refractivity contribution in [2.45, 2.75) is 39.5 Å². The maximum absolute atomic E-state index is 12.5. The quantitative estimate of drug-likeness (QED) is 0.351. The highest BCUT2D eigenvalue weighted by molar-refractivity contribution is 6.09. The number of hydrogen-bond donors (Lipinski definition) is 1. The number of nitrogens with one attached hydrogen (secondary N) is 1. The minimum absolute atomic E-state index is 0.0229. The Bertz CT molecular complexity index is 1070. The standard InChI is InChI=1S/C25H27NO5/c1-3-14-30-19-10-8-18(9-11-19)22(27)12-13-24(29)31-16-23(28)21-15-26-25-17(4-2)6-5-7-20(21)25/h5-11,15,26H,3-4,12-14,16H2,1-2H3. The van der Waals surface area contributed by atoms with E-state index in [0.29, 0.717) is 23.5 Å². The molecule has 0 amide bonds. The Morgan fingerprint density at radius 2 is 1.71 bits per heavy atom. The molecule has 0 fully saturated rings. The third kappa shape index (κ3) is 5.60. The maximum Gasteiger partial charge on any atom is 0.306 e. The summed E-state index contributed by atoms with van der Waals surface area (Å²) in [5, 5.41) is 0.821. The molecule has 162 valence electrons. The fourth-order valence-corrected chi connectivity index (χ4v) is 3.36. The van der Waals surface area contributed by atoms with Crippen molar-refractivity contribution in [3.63, 3.8) is 0 Å². The molecular formula is C25H27NO5. The van der Waals surface area contributed by atoms with Crippen LogP contribution < -0.4 is 4.74 Å². The first-order valence-corrected chi connectivity index (χ1v) is 10.6. The summed E-state index contributed by atoms with van der Waals surface area (Å²) in [4.78, 5) is 40.0. The van der Waals surface area contributed by atoms with Gasteiger partial charge in [-0.05, 0) is 42.7 Å². The van der Waals surface area contributed by atoms with Gasteiger partial charge in [-0.15, -0.1) is 0 Å². The molecule has 0 aliphatic rings. The first kappa shape index (κ1) is 22.3. The lowest BCUT2D eigenvalue weighted by molar-refractivity contribution is -0.142. The number of hydrogen-bond acceptors (Lipinski definition) is 5. The van der Waals surface area contributed by atoms with Crippen LogP contribution in [-0.2, 0) is 16.0 Å². The van der Waals surface area contributed by atoms with E-state index in [9.17, 15) is 14.4 Å². The zero-order chi connectivity index (χ0) is 22.2. The molecule has 0 bridgehead atoms. The van der Waals surface area contributed by atoms with Crippen LogP contribution in [0.25, 0.3) is 10.9 Å². The fourth-order valence-electron chi connectivity index (χ4n) is 3.36. The average molecular weight is 421 g/mol. The van der Waals surface area contributed by atoms with Gasteiger partial charge < -0.3 is 14.5 Å². The van der Waals surface area contributed by atoms with E-state index < -0.39 is 5.97 Å². The number of carbonyl (C=O) groups is 3. The van der Waals surface area contributed by atoms with Crippen molar-refractivity contribution in [3.8, 4) is 5.75 Å². The Morgan fingerprint density at radius 1 is 0.935 bits per heavy atom. The van der Waals surface area contributed by atoms with Crippen molar-refractivity contribution < 1.29 is 23.9 Å². The largest absolute Gasteiger partial charge is 0.494 e. The van der Waals surface area contributed by atoms with Crippen LogP contribution in [-0.4, -0.2) is 35.7 Å². The van der Waals surface area contributed by atoms with Crippen molar-refractivity contribution in [1.29, 1.82) is 0 Å². The highest BCUT2D eigenvalue weighted by Crippen LogP contribution is 2.22. The number of ether oxygens (including phenoxy) is 2. The molecule has 6 heteroatoms. The zero-order valence-electron chi connectivity index (χ0n) is 17.9. The van der Waals surface area contributed by atoms with Crippen LogP contribution in [0.1, 0.15) is 59.4 Å². The number of aromatic amines is 1. The van der Waals surface area contributed by atoms with Crippen LogP contribution in [0.5, 0.6) is 5.75 Å². The first-order valence-electron chi connectivity index (χ1n) is 10.6. The summed E-state index contributed by atoms with van der Waals surface area (Å²) in [6.07, 6.45) is 3.36. The lowest BCUT2D eigenvalue weighted by Crippen LogP contribution is -2.15. The Kier molecular flexibility index (Phi) is 7.60. The SMILES string of the molecule is CCCOc1ccc(C(=O)CCC(=O)OCC(=O)c2c[nH]c3c(CC)cccc23)cc1. The second-order valence-electron chi connectivity index (χ2n) is 7.28. The Morgan fingerprint density at radius 3 is 2.42 bits per heavy atom. The molecule has 1 N–H and O–H groups in total. The number of rotatable bonds is 11. The lowest BCUT2D eigenvalue weighted by atomic mass is 10.1. The van der Waals surface area contributed by atoms with Crippen molar-refractivity contribution in [2.24, 2.45) is 0 Å². The average Bonchev–Trinajstić information content (AvgIpc) is 3.24. The molecule has 3 rings (SSSR count). The number of ketones is 2. The molecule has 1 aromatic heterocycles. The van der Waals surface area contributed by atoms with Gasteiger partial charge in [0, 0.05) is 34.6 Å². The van der Waals surface area contributed by atoms with E-state index in [0.717, 1.165) is 29.3 Å². The number of aryl methyl sites for hydroxylation is 1. The van der Waals surface area contributed by atoms with E-state index in [1.165, 1.54) is 0 Å². The molecule has 0 aliphatic heterocycles. The Hall–Kier alpha value is -3.41. The van der Waals surface area contributed by atoms with Crippen LogP contribution in [0.15, 0.2) is 48.7 Å². The van der Waals surface area contributed by atoms with Gasteiger partial charge in [0.05, 0.1) is 13.0 Å². The summed E-state index contributed by atoms with van der Waals surface area (Å²) >= 11 is 0. The molecule has 0 radical (unpaired) electrons. The van der Waals surface area contributed by atoms with E-state index in [-0.39, 0.29) is 31.0 Å². The van der Waals surface area contributed by atoms with Crippen LogP contribution in [0.2, 0.25) is 0 Å². The van der Waals surface area contributed by atoms with Gasteiger partial charge in [-0.25, -0.2) is 0 Å².